The molecular weight excluding hydrogens is 249 g/mol. The first-order valence-corrected chi connectivity index (χ1v) is 5.25. The third-order valence-corrected chi connectivity index (χ3v) is 2.57. The fraction of sp³-hybridized carbons (Fsp3) is 0.100. The van der Waals surface area contributed by atoms with Crippen LogP contribution >= 0.6 is 23.2 Å². The van der Waals surface area contributed by atoms with Gasteiger partial charge in [-0.15, -0.1) is 0 Å². The van der Waals surface area contributed by atoms with Crippen molar-refractivity contribution in [2.75, 3.05) is 0 Å². The molecule has 1 aromatic carbocycles. The van der Waals surface area contributed by atoms with E-state index >= 15 is 0 Å². The van der Waals surface area contributed by atoms with Crippen molar-refractivity contribution in [1.29, 1.82) is 0 Å². The molecule has 2 rings (SSSR count). The van der Waals surface area contributed by atoms with Gasteiger partial charge in [-0.25, -0.2) is 4.98 Å². The molecule has 0 aliphatic carbocycles. The van der Waals surface area contributed by atoms with Crippen LogP contribution in [0.2, 0.25) is 10.0 Å². The first-order chi connectivity index (χ1) is 7.66. The summed E-state index contributed by atoms with van der Waals surface area (Å²) in [5.74, 6) is 0.384. The molecule has 0 aliphatic rings. The van der Waals surface area contributed by atoms with Gasteiger partial charge < -0.3 is 0 Å². The largest absolute Gasteiger partial charge is 0.294 e. The summed E-state index contributed by atoms with van der Waals surface area (Å²) in [6.45, 7) is 0. The van der Waals surface area contributed by atoms with E-state index in [2.05, 4.69) is 15.2 Å². The van der Waals surface area contributed by atoms with Gasteiger partial charge in [0.2, 0.25) is 0 Å². The second kappa shape index (κ2) is 4.63. The van der Waals surface area contributed by atoms with E-state index in [0.717, 1.165) is 0 Å². The van der Waals surface area contributed by atoms with E-state index in [1.54, 1.807) is 12.1 Å². The number of carbonyl (C=O) groups excluding carboxylic acids is 1. The predicted molar refractivity (Wildman–Crippen MR) is 60.9 cm³/mol. The first kappa shape index (κ1) is 11.1. The number of nitrogens with one attached hydrogen (secondary N) is 1. The van der Waals surface area contributed by atoms with Crippen LogP contribution in [0.5, 0.6) is 0 Å². The minimum atomic E-state index is -0.126. The van der Waals surface area contributed by atoms with Gasteiger partial charge in [-0.1, -0.05) is 23.2 Å². The Morgan fingerprint density at radius 3 is 2.81 bits per heavy atom. The lowest BCUT2D eigenvalue weighted by Gasteiger charge is -2.02. The van der Waals surface area contributed by atoms with Crippen molar-refractivity contribution in [2.24, 2.45) is 0 Å². The van der Waals surface area contributed by atoms with Crippen LogP contribution in [0.15, 0.2) is 24.5 Å². The lowest BCUT2D eigenvalue weighted by atomic mass is 10.1. The summed E-state index contributed by atoms with van der Waals surface area (Å²) < 4.78 is 0. The van der Waals surface area contributed by atoms with Gasteiger partial charge in [-0.05, 0) is 18.2 Å². The zero-order chi connectivity index (χ0) is 11.5. The van der Waals surface area contributed by atoms with Gasteiger partial charge in [-0.2, -0.15) is 5.10 Å². The van der Waals surface area contributed by atoms with Gasteiger partial charge in [0.1, 0.15) is 12.2 Å². The molecule has 6 heteroatoms. The van der Waals surface area contributed by atoms with Crippen LogP contribution in [0.4, 0.5) is 0 Å². The van der Waals surface area contributed by atoms with Crippen molar-refractivity contribution in [3.05, 3.63) is 46.0 Å². The highest BCUT2D eigenvalue weighted by molar-refractivity contribution is 6.36. The molecule has 0 atom stereocenters. The van der Waals surface area contributed by atoms with Crippen LogP contribution in [0.1, 0.15) is 16.2 Å². The zero-order valence-corrected chi connectivity index (χ0v) is 9.59. The molecule has 0 radical (unpaired) electrons. The van der Waals surface area contributed by atoms with Crippen LogP contribution in [0, 0.1) is 0 Å². The molecule has 0 unspecified atom stereocenters. The molecule has 0 aliphatic heterocycles. The molecule has 4 nitrogen and oxygen atoms in total. The molecular formula is C10H7Cl2N3O. The van der Waals surface area contributed by atoms with Crippen molar-refractivity contribution in [3.8, 4) is 0 Å². The Balaban J connectivity index is 2.21. The van der Waals surface area contributed by atoms with Crippen molar-refractivity contribution >= 4 is 29.0 Å². The van der Waals surface area contributed by atoms with Crippen LogP contribution < -0.4 is 0 Å². The highest BCUT2D eigenvalue weighted by Gasteiger charge is 2.12. The maximum atomic E-state index is 11.8. The van der Waals surface area contributed by atoms with E-state index < -0.39 is 0 Å². The van der Waals surface area contributed by atoms with Crippen LogP contribution in [-0.2, 0) is 6.42 Å². The van der Waals surface area contributed by atoms with E-state index in [9.17, 15) is 4.79 Å². The van der Waals surface area contributed by atoms with Gasteiger partial charge >= 0.3 is 0 Å². The SMILES string of the molecule is O=C(Cc1ncn[nH]1)c1ccc(Cl)cc1Cl. The summed E-state index contributed by atoms with van der Waals surface area (Å²) in [5, 5.41) is 7.13. The number of halogens is 2. The summed E-state index contributed by atoms with van der Waals surface area (Å²) in [6.07, 6.45) is 1.49. The van der Waals surface area contributed by atoms with Gasteiger partial charge in [0.05, 0.1) is 11.4 Å². The van der Waals surface area contributed by atoms with Gasteiger partial charge in [-0.3, -0.25) is 9.89 Å². The number of rotatable bonds is 3. The third kappa shape index (κ3) is 2.40. The monoisotopic (exact) mass is 255 g/mol. The smallest absolute Gasteiger partial charge is 0.171 e. The maximum Gasteiger partial charge on any atom is 0.171 e. The number of hydrogen-bond acceptors (Lipinski definition) is 3. The van der Waals surface area contributed by atoms with Gasteiger partial charge in [0.15, 0.2) is 5.78 Å². The molecule has 0 bridgehead atoms. The lowest BCUT2D eigenvalue weighted by Crippen LogP contribution is -2.05. The number of H-pyrrole nitrogens is 1. The second-order valence-corrected chi connectivity index (χ2v) is 4.00. The van der Waals surface area contributed by atoms with Gasteiger partial charge in [0.25, 0.3) is 0 Å². The number of hydrogen-bond donors (Lipinski definition) is 1. The second-order valence-electron chi connectivity index (χ2n) is 3.16. The summed E-state index contributed by atoms with van der Waals surface area (Å²) in [5.41, 5.74) is 0.433. The fourth-order valence-electron chi connectivity index (χ4n) is 1.28. The number of nitrogens with zero attached hydrogens (tertiary/aromatic N) is 2. The van der Waals surface area contributed by atoms with E-state index in [4.69, 9.17) is 23.2 Å². The molecule has 1 heterocycles. The standard InChI is InChI=1S/C10H7Cl2N3O/c11-6-1-2-7(8(12)3-6)9(16)4-10-13-5-14-15-10/h1-3,5H,4H2,(H,13,14,15). The molecule has 82 valence electrons. The summed E-state index contributed by atoms with van der Waals surface area (Å²) >= 11 is 11.7. The summed E-state index contributed by atoms with van der Waals surface area (Å²) in [4.78, 5) is 15.7. The molecule has 0 spiro atoms. The number of benzene rings is 1. The molecule has 0 amide bonds. The van der Waals surface area contributed by atoms with Crippen molar-refractivity contribution in [3.63, 3.8) is 0 Å². The molecule has 0 saturated heterocycles. The molecule has 0 fully saturated rings. The Morgan fingerprint density at radius 2 is 2.19 bits per heavy atom. The van der Waals surface area contributed by atoms with Crippen LogP contribution in [-0.4, -0.2) is 21.0 Å². The molecule has 0 saturated carbocycles. The Hall–Kier alpha value is -1.39. The summed E-state index contributed by atoms with van der Waals surface area (Å²) in [6, 6.07) is 4.77. The van der Waals surface area contributed by atoms with E-state index in [0.29, 0.717) is 21.4 Å². The average molecular weight is 256 g/mol. The minimum Gasteiger partial charge on any atom is -0.294 e. The number of ketones is 1. The van der Waals surface area contributed by atoms with Crippen LogP contribution in [0.25, 0.3) is 0 Å². The third-order valence-electron chi connectivity index (χ3n) is 2.02. The number of aromatic nitrogens is 3. The van der Waals surface area contributed by atoms with Crippen molar-refractivity contribution in [1.82, 2.24) is 15.2 Å². The normalized spacial score (nSPS) is 10.4. The first-order valence-electron chi connectivity index (χ1n) is 4.49. The minimum absolute atomic E-state index is 0.126. The fourth-order valence-corrected chi connectivity index (χ4v) is 1.79. The highest BCUT2D eigenvalue weighted by atomic mass is 35.5. The van der Waals surface area contributed by atoms with Crippen LogP contribution in [0.3, 0.4) is 0 Å². The number of Topliss-reactive ketones (excluding diaryl/α,β-unsaturated/α-hetero) is 1. The summed E-state index contributed by atoms with van der Waals surface area (Å²) in [7, 11) is 0. The van der Waals surface area contributed by atoms with Crippen molar-refractivity contribution < 1.29 is 4.79 Å². The van der Waals surface area contributed by atoms with Gasteiger partial charge in [0, 0.05) is 10.6 Å². The lowest BCUT2D eigenvalue weighted by molar-refractivity contribution is 0.0991. The average Bonchev–Trinajstić information content (AvgIpc) is 2.70. The van der Waals surface area contributed by atoms with Crippen molar-refractivity contribution in [2.45, 2.75) is 6.42 Å². The number of aromatic amines is 1. The quantitative estimate of drug-likeness (QED) is 0.858. The molecule has 1 N–H and O–H groups in total. The van der Waals surface area contributed by atoms with E-state index in [1.807, 2.05) is 0 Å². The Morgan fingerprint density at radius 1 is 1.38 bits per heavy atom. The topological polar surface area (TPSA) is 58.6 Å². The number of carbonyl (C=O) groups is 1. The molecule has 1 aromatic heterocycles. The Labute approximate surface area is 102 Å². The maximum absolute atomic E-state index is 11.8. The molecule has 2 aromatic rings. The zero-order valence-electron chi connectivity index (χ0n) is 8.08. The van der Waals surface area contributed by atoms with E-state index in [-0.39, 0.29) is 12.2 Å². The predicted octanol–water partition coefficient (Wildman–Crippen LogP) is 2.54. The molecule has 16 heavy (non-hydrogen) atoms. The Kier molecular flexibility index (Phi) is 3.22. The highest BCUT2D eigenvalue weighted by Crippen LogP contribution is 2.21. The van der Waals surface area contributed by atoms with E-state index in [1.165, 1.54) is 12.4 Å². The Bertz CT molecular complexity index is 511.